The molecule has 1 unspecified atom stereocenters. The maximum Gasteiger partial charge on any atom is 0.303 e. The number of hydrogen-bond acceptors (Lipinski definition) is 3. The molecular formula is C10H12INO3. The van der Waals surface area contributed by atoms with E-state index in [2.05, 4.69) is 0 Å². The molecule has 0 aromatic heterocycles. The Morgan fingerprint density at radius 3 is 2.73 bits per heavy atom. The molecule has 4 nitrogen and oxygen atoms in total. The Morgan fingerprint density at radius 1 is 1.53 bits per heavy atom. The number of nitrogens with two attached hydrogens (primary N) is 1. The van der Waals surface area contributed by atoms with Crippen molar-refractivity contribution in [3.63, 3.8) is 0 Å². The van der Waals surface area contributed by atoms with Crippen LogP contribution in [0, 0.1) is 3.57 Å². The number of aromatic hydroxyl groups is 1. The van der Waals surface area contributed by atoms with Crippen LogP contribution in [0.3, 0.4) is 0 Å². The minimum absolute atomic E-state index is 0.0542. The lowest BCUT2D eigenvalue weighted by Crippen LogP contribution is -2.12. The Labute approximate surface area is 101 Å². The Bertz CT molecular complexity index is 368. The van der Waals surface area contributed by atoms with Crippen LogP contribution in [0.25, 0.3) is 0 Å². The molecule has 0 aliphatic rings. The molecule has 0 heterocycles. The molecule has 0 saturated carbocycles. The second-order valence-electron chi connectivity index (χ2n) is 3.25. The van der Waals surface area contributed by atoms with Gasteiger partial charge in [-0.05, 0) is 46.7 Å². The Balaban J connectivity index is 2.69. The van der Waals surface area contributed by atoms with E-state index in [0.717, 1.165) is 9.13 Å². The third-order valence-electron chi connectivity index (χ3n) is 2.07. The highest BCUT2D eigenvalue weighted by atomic mass is 127. The van der Waals surface area contributed by atoms with Gasteiger partial charge in [-0.25, -0.2) is 0 Å². The van der Waals surface area contributed by atoms with Crippen molar-refractivity contribution in [1.29, 1.82) is 0 Å². The van der Waals surface area contributed by atoms with Crippen LogP contribution in [0.2, 0.25) is 0 Å². The largest absolute Gasteiger partial charge is 0.507 e. The van der Waals surface area contributed by atoms with Gasteiger partial charge in [0.2, 0.25) is 0 Å². The van der Waals surface area contributed by atoms with Gasteiger partial charge in [0.1, 0.15) is 5.75 Å². The molecule has 0 aliphatic carbocycles. The summed E-state index contributed by atoms with van der Waals surface area (Å²) >= 11 is 2.00. The lowest BCUT2D eigenvalue weighted by Gasteiger charge is -2.11. The van der Waals surface area contributed by atoms with Gasteiger partial charge in [0.15, 0.2) is 0 Å². The molecule has 0 saturated heterocycles. The fourth-order valence-corrected chi connectivity index (χ4v) is 1.74. The number of rotatable bonds is 4. The number of phenols is 1. The van der Waals surface area contributed by atoms with Gasteiger partial charge in [-0.1, -0.05) is 6.07 Å². The molecule has 1 rings (SSSR count). The summed E-state index contributed by atoms with van der Waals surface area (Å²) in [5.74, 6) is -0.635. The van der Waals surface area contributed by atoms with Gasteiger partial charge in [-0.3, -0.25) is 4.79 Å². The second kappa shape index (κ2) is 5.32. The van der Waals surface area contributed by atoms with Gasteiger partial charge in [0.05, 0.1) is 3.57 Å². The normalized spacial score (nSPS) is 12.4. The zero-order valence-electron chi connectivity index (χ0n) is 7.98. The van der Waals surface area contributed by atoms with E-state index in [4.69, 9.17) is 10.8 Å². The fourth-order valence-electron chi connectivity index (χ4n) is 1.20. The number of aliphatic carboxylic acids is 1. The minimum atomic E-state index is -0.848. The number of benzene rings is 1. The van der Waals surface area contributed by atoms with E-state index < -0.39 is 5.97 Å². The van der Waals surface area contributed by atoms with E-state index in [-0.39, 0.29) is 18.2 Å². The van der Waals surface area contributed by atoms with E-state index in [1.807, 2.05) is 22.6 Å². The summed E-state index contributed by atoms with van der Waals surface area (Å²) in [4.78, 5) is 10.4. The number of carboxylic acid groups (broad SMARTS) is 1. The van der Waals surface area contributed by atoms with Gasteiger partial charge < -0.3 is 15.9 Å². The first-order valence-corrected chi connectivity index (χ1v) is 5.54. The third-order valence-corrected chi connectivity index (χ3v) is 2.93. The molecule has 0 fully saturated rings. The average molecular weight is 321 g/mol. The highest BCUT2D eigenvalue weighted by molar-refractivity contribution is 14.1. The molecule has 5 heteroatoms. The predicted molar refractivity (Wildman–Crippen MR) is 64.6 cm³/mol. The lowest BCUT2D eigenvalue weighted by atomic mass is 10.0. The molecule has 0 radical (unpaired) electrons. The summed E-state index contributed by atoms with van der Waals surface area (Å²) < 4.78 is 0.718. The monoisotopic (exact) mass is 321 g/mol. The van der Waals surface area contributed by atoms with Crippen molar-refractivity contribution in [1.82, 2.24) is 0 Å². The van der Waals surface area contributed by atoms with Gasteiger partial charge in [0.25, 0.3) is 0 Å². The molecule has 1 aromatic carbocycles. The second-order valence-corrected chi connectivity index (χ2v) is 4.41. The summed E-state index contributed by atoms with van der Waals surface area (Å²) in [7, 11) is 0. The van der Waals surface area contributed by atoms with Crippen LogP contribution in [-0.2, 0) is 4.79 Å². The van der Waals surface area contributed by atoms with Gasteiger partial charge in [0, 0.05) is 12.5 Å². The standard InChI is InChI=1S/C10H12INO3/c11-7-5-6(1-3-9(7)13)8(12)2-4-10(14)15/h1,3,5,8,13H,2,4,12H2,(H,14,15). The van der Waals surface area contributed by atoms with E-state index >= 15 is 0 Å². The first-order valence-electron chi connectivity index (χ1n) is 4.46. The van der Waals surface area contributed by atoms with Crippen molar-refractivity contribution in [2.24, 2.45) is 5.73 Å². The first kappa shape index (κ1) is 12.3. The third kappa shape index (κ3) is 3.67. The fraction of sp³-hybridized carbons (Fsp3) is 0.300. The summed E-state index contributed by atoms with van der Waals surface area (Å²) in [6.45, 7) is 0. The van der Waals surface area contributed by atoms with E-state index in [1.54, 1.807) is 18.2 Å². The maximum absolute atomic E-state index is 10.4. The SMILES string of the molecule is NC(CCC(=O)O)c1ccc(O)c(I)c1. The van der Waals surface area contributed by atoms with Crippen molar-refractivity contribution < 1.29 is 15.0 Å². The lowest BCUT2D eigenvalue weighted by molar-refractivity contribution is -0.137. The topological polar surface area (TPSA) is 83.6 Å². The molecule has 4 N–H and O–H groups in total. The number of halogens is 1. The number of hydrogen-bond donors (Lipinski definition) is 3. The van der Waals surface area contributed by atoms with Crippen LogP contribution in [0.15, 0.2) is 18.2 Å². The predicted octanol–water partition coefficient (Wildman–Crippen LogP) is 1.86. The van der Waals surface area contributed by atoms with E-state index in [1.165, 1.54) is 0 Å². The number of carbonyl (C=O) groups is 1. The summed E-state index contributed by atoms with van der Waals surface area (Å²) in [5.41, 5.74) is 6.66. The number of phenolic OH excluding ortho intramolecular Hbond substituents is 1. The molecule has 82 valence electrons. The number of carboxylic acids is 1. The maximum atomic E-state index is 10.4. The van der Waals surface area contributed by atoms with E-state index in [9.17, 15) is 9.90 Å². The highest BCUT2D eigenvalue weighted by Crippen LogP contribution is 2.24. The molecule has 0 spiro atoms. The smallest absolute Gasteiger partial charge is 0.303 e. The summed E-state index contributed by atoms with van der Waals surface area (Å²) in [5, 5.41) is 17.8. The van der Waals surface area contributed by atoms with Crippen LogP contribution in [0.5, 0.6) is 5.75 Å². The molecule has 15 heavy (non-hydrogen) atoms. The quantitative estimate of drug-likeness (QED) is 0.739. The Hall–Kier alpha value is -0.820. The van der Waals surface area contributed by atoms with Crippen molar-refractivity contribution in [2.75, 3.05) is 0 Å². The van der Waals surface area contributed by atoms with Crippen molar-refractivity contribution in [3.05, 3.63) is 27.3 Å². The van der Waals surface area contributed by atoms with Gasteiger partial charge >= 0.3 is 5.97 Å². The van der Waals surface area contributed by atoms with Crippen LogP contribution in [0.1, 0.15) is 24.4 Å². The molecule has 1 aromatic rings. The zero-order chi connectivity index (χ0) is 11.4. The van der Waals surface area contributed by atoms with Gasteiger partial charge in [-0.2, -0.15) is 0 Å². The zero-order valence-corrected chi connectivity index (χ0v) is 10.1. The van der Waals surface area contributed by atoms with Crippen molar-refractivity contribution in [2.45, 2.75) is 18.9 Å². The first-order chi connectivity index (χ1) is 7.00. The molecule has 0 aliphatic heterocycles. The van der Waals surface area contributed by atoms with Crippen molar-refractivity contribution >= 4 is 28.6 Å². The highest BCUT2D eigenvalue weighted by Gasteiger charge is 2.09. The molecule has 0 amide bonds. The van der Waals surface area contributed by atoms with Crippen molar-refractivity contribution in [3.8, 4) is 5.75 Å². The average Bonchev–Trinajstić information content (AvgIpc) is 2.18. The van der Waals surface area contributed by atoms with Crippen LogP contribution in [0.4, 0.5) is 0 Å². The molecule has 1 atom stereocenters. The van der Waals surface area contributed by atoms with Crippen LogP contribution in [-0.4, -0.2) is 16.2 Å². The summed E-state index contributed by atoms with van der Waals surface area (Å²) in [6.07, 6.45) is 0.453. The Kier molecular flexibility index (Phi) is 4.34. The van der Waals surface area contributed by atoms with Crippen LogP contribution >= 0.6 is 22.6 Å². The molecular weight excluding hydrogens is 309 g/mol. The van der Waals surface area contributed by atoms with E-state index in [0.29, 0.717) is 6.42 Å². The molecule has 0 bridgehead atoms. The van der Waals surface area contributed by atoms with Crippen LogP contribution < -0.4 is 5.73 Å². The Morgan fingerprint density at radius 2 is 2.20 bits per heavy atom. The summed E-state index contributed by atoms with van der Waals surface area (Å²) in [6, 6.07) is 4.75. The van der Waals surface area contributed by atoms with Gasteiger partial charge in [-0.15, -0.1) is 0 Å². The minimum Gasteiger partial charge on any atom is -0.507 e.